The average molecular weight is 301 g/mol. The molecule has 4 heteroatoms. The summed E-state index contributed by atoms with van der Waals surface area (Å²) in [5.41, 5.74) is 7.14. The fourth-order valence-electron chi connectivity index (χ4n) is 2.54. The smallest absolute Gasteiger partial charge is 0.137 e. The van der Waals surface area contributed by atoms with E-state index in [-0.39, 0.29) is 11.9 Å². The van der Waals surface area contributed by atoms with Gasteiger partial charge in [-0.25, -0.2) is 4.39 Å². The zero-order chi connectivity index (χ0) is 12.4. The Morgan fingerprint density at radius 1 is 1.47 bits per heavy atom. The number of hydrogen-bond acceptors (Lipinski definition) is 2. The molecular formula is C13H18BrFN2. The van der Waals surface area contributed by atoms with Crippen LogP contribution >= 0.6 is 15.9 Å². The summed E-state index contributed by atoms with van der Waals surface area (Å²) < 4.78 is 13.7. The second-order valence-corrected chi connectivity index (χ2v) is 5.90. The lowest BCUT2D eigenvalue weighted by atomic mass is 9.96. The third kappa shape index (κ3) is 3.50. The van der Waals surface area contributed by atoms with Crippen LogP contribution in [0.5, 0.6) is 0 Å². The first-order valence-corrected chi connectivity index (χ1v) is 6.75. The van der Waals surface area contributed by atoms with Gasteiger partial charge >= 0.3 is 0 Å². The van der Waals surface area contributed by atoms with Crippen LogP contribution in [0.2, 0.25) is 0 Å². The monoisotopic (exact) mass is 300 g/mol. The molecule has 0 spiro atoms. The standard InChI is InChI=1S/C13H18BrFN2/c1-9-4-11(16)8-17(6-9)7-10-2-3-13(15)12(14)5-10/h2-3,5,9,11H,4,6-8,16H2,1H3. The molecule has 2 rings (SSSR count). The molecule has 17 heavy (non-hydrogen) atoms. The van der Waals surface area contributed by atoms with Crippen LogP contribution in [0, 0.1) is 11.7 Å². The Balaban J connectivity index is 2.02. The van der Waals surface area contributed by atoms with Gasteiger partial charge in [0.25, 0.3) is 0 Å². The van der Waals surface area contributed by atoms with Gasteiger partial charge < -0.3 is 5.73 Å². The van der Waals surface area contributed by atoms with Gasteiger partial charge in [-0.05, 0) is 46.0 Å². The van der Waals surface area contributed by atoms with Crippen molar-refractivity contribution >= 4 is 15.9 Å². The van der Waals surface area contributed by atoms with Crippen molar-refractivity contribution in [2.75, 3.05) is 13.1 Å². The number of benzene rings is 1. The fraction of sp³-hybridized carbons (Fsp3) is 0.538. The number of likely N-dealkylation sites (tertiary alicyclic amines) is 1. The Hall–Kier alpha value is -0.450. The minimum atomic E-state index is -0.211. The molecule has 1 aromatic rings. The molecule has 2 N–H and O–H groups in total. The Bertz CT molecular complexity index is 387. The lowest BCUT2D eigenvalue weighted by Crippen LogP contribution is -2.45. The largest absolute Gasteiger partial charge is 0.327 e. The third-order valence-electron chi connectivity index (χ3n) is 3.16. The van der Waals surface area contributed by atoms with Crippen molar-refractivity contribution in [3.05, 3.63) is 34.1 Å². The molecule has 1 aliphatic rings. The molecule has 1 heterocycles. The van der Waals surface area contributed by atoms with Gasteiger partial charge in [0.1, 0.15) is 5.82 Å². The first-order chi connectivity index (χ1) is 8.04. The highest BCUT2D eigenvalue weighted by atomic mass is 79.9. The Kier molecular flexibility index (Phi) is 4.17. The van der Waals surface area contributed by atoms with E-state index in [1.807, 2.05) is 12.1 Å². The van der Waals surface area contributed by atoms with E-state index in [2.05, 4.69) is 27.8 Å². The second-order valence-electron chi connectivity index (χ2n) is 5.04. The van der Waals surface area contributed by atoms with Crippen molar-refractivity contribution in [1.29, 1.82) is 0 Å². The first-order valence-electron chi connectivity index (χ1n) is 5.96. The maximum absolute atomic E-state index is 13.1. The quantitative estimate of drug-likeness (QED) is 0.910. The highest BCUT2D eigenvalue weighted by Gasteiger charge is 2.22. The molecule has 2 atom stereocenters. The molecule has 2 nitrogen and oxygen atoms in total. The summed E-state index contributed by atoms with van der Waals surface area (Å²) in [6.07, 6.45) is 1.10. The fourth-order valence-corrected chi connectivity index (χ4v) is 2.96. The van der Waals surface area contributed by atoms with Gasteiger partial charge in [0.2, 0.25) is 0 Å². The summed E-state index contributed by atoms with van der Waals surface area (Å²) >= 11 is 3.22. The van der Waals surface area contributed by atoms with Crippen LogP contribution < -0.4 is 5.73 Å². The Morgan fingerprint density at radius 3 is 2.88 bits per heavy atom. The molecule has 0 saturated carbocycles. The zero-order valence-electron chi connectivity index (χ0n) is 10.00. The molecule has 1 aliphatic heterocycles. The van der Waals surface area contributed by atoms with Crippen LogP contribution in [0.4, 0.5) is 4.39 Å². The summed E-state index contributed by atoms with van der Waals surface area (Å²) in [6.45, 7) is 5.07. The van der Waals surface area contributed by atoms with Crippen molar-refractivity contribution < 1.29 is 4.39 Å². The average Bonchev–Trinajstić information content (AvgIpc) is 2.22. The highest BCUT2D eigenvalue weighted by molar-refractivity contribution is 9.10. The number of nitrogens with two attached hydrogens (primary N) is 1. The van der Waals surface area contributed by atoms with E-state index in [0.717, 1.165) is 31.6 Å². The number of nitrogens with zero attached hydrogens (tertiary/aromatic N) is 1. The number of rotatable bonds is 2. The van der Waals surface area contributed by atoms with E-state index in [1.165, 1.54) is 6.07 Å². The van der Waals surface area contributed by atoms with Crippen molar-refractivity contribution in [2.45, 2.75) is 25.9 Å². The number of halogens is 2. The zero-order valence-corrected chi connectivity index (χ0v) is 11.6. The minimum Gasteiger partial charge on any atom is -0.327 e. The summed E-state index contributed by atoms with van der Waals surface area (Å²) in [4.78, 5) is 2.35. The van der Waals surface area contributed by atoms with Crippen LogP contribution in [-0.4, -0.2) is 24.0 Å². The summed E-state index contributed by atoms with van der Waals surface area (Å²) in [5.74, 6) is 0.431. The van der Waals surface area contributed by atoms with E-state index >= 15 is 0 Å². The van der Waals surface area contributed by atoms with E-state index in [1.54, 1.807) is 0 Å². The summed E-state index contributed by atoms with van der Waals surface area (Å²) in [7, 11) is 0. The molecule has 0 aliphatic carbocycles. The summed E-state index contributed by atoms with van der Waals surface area (Å²) in [6, 6.07) is 5.46. The van der Waals surface area contributed by atoms with Gasteiger partial charge in [-0.2, -0.15) is 0 Å². The Labute approximate surface area is 110 Å². The van der Waals surface area contributed by atoms with Crippen LogP contribution in [0.25, 0.3) is 0 Å². The number of hydrogen-bond donors (Lipinski definition) is 1. The molecule has 0 aromatic heterocycles. The highest BCUT2D eigenvalue weighted by Crippen LogP contribution is 2.21. The molecule has 1 aromatic carbocycles. The third-order valence-corrected chi connectivity index (χ3v) is 3.77. The van der Waals surface area contributed by atoms with Crippen LogP contribution in [0.1, 0.15) is 18.9 Å². The predicted octanol–water partition coefficient (Wildman–Crippen LogP) is 2.76. The van der Waals surface area contributed by atoms with Gasteiger partial charge in [-0.1, -0.05) is 13.0 Å². The topological polar surface area (TPSA) is 29.3 Å². The normalized spacial score (nSPS) is 26.1. The number of piperidine rings is 1. The molecule has 1 saturated heterocycles. The van der Waals surface area contributed by atoms with Gasteiger partial charge in [0.05, 0.1) is 4.47 Å². The molecule has 94 valence electrons. The molecule has 1 fully saturated rings. The van der Waals surface area contributed by atoms with E-state index in [9.17, 15) is 4.39 Å². The Morgan fingerprint density at radius 2 is 2.24 bits per heavy atom. The first kappa shape index (κ1) is 13.0. The lowest BCUT2D eigenvalue weighted by molar-refractivity contribution is 0.158. The van der Waals surface area contributed by atoms with E-state index < -0.39 is 0 Å². The molecule has 2 unspecified atom stereocenters. The van der Waals surface area contributed by atoms with Gasteiger partial charge in [-0.15, -0.1) is 0 Å². The lowest BCUT2D eigenvalue weighted by Gasteiger charge is -2.34. The van der Waals surface area contributed by atoms with Crippen LogP contribution in [-0.2, 0) is 6.54 Å². The van der Waals surface area contributed by atoms with Crippen molar-refractivity contribution in [3.8, 4) is 0 Å². The SMILES string of the molecule is CC1CC(N)CN(Cc2ccc(F)c(Br)c2)C1. The van der Waals surface area contributed by atoms with Crippen molar-refractivity contribution in [2.24, 2.45) is 11.7 Å². The molecular weight excluding hydrogens is 283 g/mol. The maximum atomic E-state index is 13.1. The molecule has 0 bridgehead atoms. The predicted molar refractivity (Wildman–Crippen MR) is 71.1 cm³/mol. The summed E-state index contributed by atoms with van der Waals surface area (Å²) in [5, 5.41) is 0. The minimum absolute atomic E-state index is 0.211. The van der Waals surface area contributed by atoms with Crippen molar-refractivity contribution in [1.82, 2.24) is 4.90 Å². The van der Waals surface area contributed by atoms with Gasteiger partial charge in [-0.3, -0.25) is 4.90 Å². The van der Waals surface area contributed by atoms with E-state index in [0.29, 0.717) is 10.4 Å². The van der Waals surface area contributed by atoms with Crippen molar-refractivity contribution in [3.63, 3.8) is 0 Å². The van der Waals surface area contributed by atoms with Crippen LogP contribution in [0.15, 0.2) is 22.7 Å². The van der Waals surface area contributed by atoms with E-state index in [4.69, 9.17) is 5.73 Å². The molecule has 0 amide bonds. The maximum Gasteiger partial charge on any atom is 0.137 e. The van der Waals surface area contributed by atoms with Crippen LogP contribution in [0.3, 0.4) is 0 Å². The molecule has 0 radical (unpaired) electrons. The van der Waals surface area contributed by atoms with Gasteiger partial charge in [0, 0.05) is 25.7 Å². The van der Waals surface area contributed by atoms with Gasteiger partial charge in [0.15, 0.2) is 0 Å². The second kappa shape index (κ2) is 5.46.